The van der Waals surface area contributed by atoms with Crippen LogP contribution >= 0.6 is 0 Å². The van der Waals surface area contributed by atoms with E-state index in [9.17, 15) is 0 Å². The zero-order valence-electron chi connectivity index (χ0n) is 14.4. The number of hydrogen-bond acceptors (Lipinski definition) is 3. The quantitative estimate of drug-likeness (QED) is 0.570. The summed E-state index contributed by atoms with van der Waals surface area (Å²) in [6.45, 7) is 22.6. The average Bonchev–Trinajstić information content (AvgIpc) is 2.45. The molecule has 0 aliphatic rings. The summed E-state index contributed by atoms with van der Waals surface area (Å²) in [5, 5.41) is 0. The molecule has 0 amide bonds. The van der Waals surface area contributed by atoms with Gasteiger partial charge >= 0.3 is 0 Å². The lowest BCUT2D eigenvalue weighted by molar-refractivity contribution is 0.0662. The van der Waals surface area contributed by atoms with Gasteiger partial charge in [0.15, 0.2) is 0 Å². The van der Waals surface area contributed by atoms with Gasteiger partial charge in [-0.05, 0) is 45.7 Å². The second-order valence-corrected chi connectivity index (χ2v) is 4.85. The van der Waals surface area contributed by atoms with Crippen LogP contribution in [0.25, 0.3) is 0 Å². The van der Waals surface area contributed by atoms with E-state index in [1.807, 2.05) is 0 Å². The Hall–Kier alpha value is -0.120. The maximum Gasteiger partial charge on any atom is 0.124 e. The van der Waals surface area contributed by atoms with Gasteiger partial charge in [0.25, 0.3) is 0 Å². The van der Waals surface area contributed by atoms with E-state index in [-0.39, 0.29) is 0 Å². The van der Waals surface area contributed by atoms with Gasteiger partial charge in [-0.25, -0.2) is 0 Å². The lowest BCUT2D eigenvalue weighted by atomic mass is 10.1. The fraction of sp³-hybridized carbons (Fsp3) is 0.938. The standard InChI is InChI=1S/C16H36N3/c1-8-15(17(9-2)10-3)16(18(11-4)12-5)19(13-6)14-7/h15H,8-14H2,1-7H3. The van der Waals surface area contributed by atoms with Crippen molar-refractivity contribution < 1.29 is 0 Å². The van der Waals surface area contributed by atoms with E-state index in [0.29, 0.717) is 6.04 Å². The van der Waals surface area contributed by atoms with Gasteiger partial charge in [-0.2, -0.15) is 0 Å². The van der Waals surface area contributed by atoms with Gasteiger partial charge in [0.05, 0.1) is 0 Å². The van der Waals surface area contributed by atoms with Crippen molar-refractivity contribution in [2.45, 2.75) is 60.9 Å². The highest BCUT2D eigenvalue weighted by molar-refractivity contribution is 5.00. The highest BCUT2D eigenvalue weighted by atomic mass is 15.4. The van der Waals surface area contributed by atoms with E-state index in [4.69, 9.17) is 0 Å². The Bertz CT molecular complexity index is 184. The fourth-order valence-corrected chi connectivity index (χ4v) is 2.99. The van der Waals surface area contributed by atoms with E-state index < -0.39 is 0 Å². The first-order valence-electron chi connectivity index (χ1n) is 8.25. The van der Waals surface area contributed by atoms with Crippen molar-refractivity contribution in [1.29, 1.82) is 0 Å². The van der Waals surface area contributed by atoms with Gasteiger partial charge < -0.3 is 0 Å². The summed E-state index contributed by atoms with van der Waals surface area (Å²) in [7, 11) is 0. The van der Waals surface area contributed by atoms with Crippen molar-refractivity contribution in [3.8, 4) is 0 Å². The van der Waals surface area contributed by atoms with Crippen molar-refractivity contribution in [2.75, 3.05) is 39.3 Å². The molecule has 0 N–H and O–H groups in total. The van der Waals surface area contributed by atoms with E-state index in [1.165, 1.54) is 12.6 Å². The normalized spacial score (nSPS) is 14.1. The SMILES string of the molecule is CCC([C](N(CC)CC)N(CC)CC)N(CC)CC. The molecule has 0 saturated heterocycles. The summed E-state index contributed by atoms with van der Waals surface area (Å²) in [5.41, 5.74) is 0. The number of rotatable bonds is 11. The summed E-state index contributed by atoms with van der Waals surface area (Å²) in [6, 6.07) is 0.551. The second kappa shape index (κ2) is 10.6. The minimum absolute atomic E-state index is 0.551. The second-order valence-electron chi connectivity index (χ2n) is 4.85. The Labute approximate surface area is 121 Å². The third-order valence-corrected chi connectivity index (χ3v) is 4.11. The van der Waals surface area contributed by atoms with E-state index in [0.717, 1.165) is 39.3 Å². The molecule has 0 bridgehead atoms. The molecule has 1 unspecified atom stereocenters. The van der Waals surface area contributed by atoms with Crippen molar-refractivity contribution in [1.82, 2.24) is 14.7 Å². The predicted molar refractivity (Wildman–Crippen MR) is 86.1 cm³/mol. The molecule has 0 fully saturated rings. The van der Waals surface area contributed by atoms with E-state index >= 15 is 0 Å². The minimum atomic E-state index is 0.551. The van der Waals surface area contributed by atoms with Crippen molar-refractivity contribution >= 4 is 0 Å². The third kappa shape index (κ3) is 5.05. The van der Waals surface area contributed by atoms with E-state index in [1.54, 1.807) is 0 Å². The molecule has 0 aromatic carbocycles. The molecule has 3 nitrogen and oxygen atoms in total. The minimum Gasteiger partial charge on any atom is -0.298 e. The maximum absolute atomic E-state index is 2.59. The zero-order valence-corrected chi connectivity index (χ0v) is 14.4. The molecule has 19 heavy (non-hydrogen) atoms. The average molecular weight is 270 g/mol. The van der Waals surface area contributed by atoms with Gasteiger partial charge in [0, 0.05) is 6.04 Å². The van der Waals surface area contributed by atoms with Gasteiger partial charge in [-0.15, -0.1) is 0 Å². The molecule has 0 heterocycles. The van der Waals surface area contributed by atoms with Crippen LogP contribution in [0.15, 0.2) is 0 Å². The van der Waals surface area contributed by atoms with Crippen LogP contribution in [0, 0.1) is 6.17 Å². The van der Waals surface area contributed by atoms with Crippen LogP contribution in [0.5, 0.6) is 0 Å². The molecular formula is C16H36N3. The molecule has 0 aromatic heterocycles. The van der Waals surface area contributed by atoms with Crippen LogP contribution in [0.1, 0.15) is 54.9 Å². The van der Waals surface area contributed by atoms with Crippen LogP contribution in [0.4, 0.5) is 0 Å². The van der Waals surface area contributed by atoms with Crippen molar-refractivity contribution in [3.05, 3.63) is 6.17 Å². The van der Waals surface area contributed by atoms with Gasteiger partial charge in [0.1, 0.15) is 6.17 Å². The smallest absolute Gasteiger partial charge is 0.124 e. The zero-order chi connectivity index (χ0) is 14.8. The molecule has 115 valence electrons. The summed E-state index contributed by atoms with van der Waals surface area (Å²) in [6.07, 6.45) is 2.71. The Morgan fingerprint density at radius 3 is 1.21 bits per heavy atom. The van der Waals surface area contributed by atoms with Gasteiger partial charge in [0.2, 0.25) is 0 Å². The van der Waals surface area contributed by atoms with Crippen LogP contribution < -0.4 is 0 Å². The number of hydrogen-bond donors (Lipinski definition) is 0. The highest BCUT2D eigenvalue weighted by Crippen LogP contribution is 2.25. The lowest BCUT2D eigenvalue weighted by Gasteiger charge is -2.45. The molecular weight excluding hydrogens is 234 g/mol. The molecule has 1 radical (unpaired) electrons. The van der Waals surface area contributed by atoms with Crippen LogP contribution in [0.3, 0.4) is 0 Å². The van der Waals surface area contributed by atoms with E-state index in [2.05, 4.69) is 63.2 Å². The lowest BCUT2D eigenvalue weighted by Crippen LogP contribution is -2.53. The predicted octanol–water partition coefficient (Wildman–Crippen LogP) is 3.28. The maximum atomic E-state index is 2.59. The monoisotopic (exact) mass is 270 g/mol. The highest BCUT2D eigenvalue weighted by Gasteiger charge is 2.33. The molecule has 0 aliphatic carbocycles. The van der Waals surface area contributed by atoms with Gasteiger partial charge in [-0.3, -0.25) is 14.7 Å². The van der Waals surface area contributed by atoms with Crippen molar-refractivity contribution in [3.63, 3.8) is 0 Å². The Morgan fingerprint density at radius 2 is 1.00 bits per heavy atom. The van der Waals surface area contributed by atoms with Gasteiger partial charge in [-0.1, -0.05) is 48.5 Å². The molecule has 1 atom stereocenters. The molecule has 0 aliphatic heterocycles. The largest absolute Gasteiger partial charge is 0.298 e. The number of nitrogens with zero attached hydrogens (tertiary/aromatic N) is 3. The molecule has 0 spiro atoms. The molecule has 0 aromatic rings. The topological polar surface area (TPSA) is 9.72 Å². The van der Waals surface area contributed by atoms with Crippen LogP contribution in [-0.4, -0.2) is 60.0 Å². The first-order valence-corrected chi connectivity index (χ1v) is 8.25. The Balaban J connectivity index is 5.26. The summed E-state index contributed by atoms with van der Waals surface area (Å²) >= 11 is 0. The summed E-state index contributed by atoms with van der Waals surface area (Å²) in [5.74, 6) is 0. The van der Waals surface area contributed by atoms with Crippen molar-refractivity contribution in [2.24, 2.45) is 0 Å². The number of likely N-dealkylation sites (N-methyl/N-ethyl adjacent to an activating group) is 3. The van der Waals surface area contributed by atoms with Crippen LogP contribution in [0.2, 0.25) is 0 Å². The van der Waals surface area contributed by atoms with Crippen LogP contribution in [-0.2, 0) is 0 Å². The molecule has 0 saturated carbocycles. The molecule has 3 heteroatoms. The Kier molecular flexibility index (Phi) is 10.6. The molecule has 0 rings (SSSR count). The summed E-state index contributed by atoms with van der Waals surface area (Å²) < 4.78 is 0. The Morgan fingerprint density at radius 1 is 0.632 bits per heavy atom. The fourth-order valence-electron chi connectivity index (χ4n) is 2.99. The summed E-state index contributed by atoms with van der Waals surface area (Å²) in [4.78, 5) is 7.67. The third-order valence-electron chi connectivity index (χ3n) is 4.11. The first-order chi connectivity index (χ1) is 9.14. The first kappa shape index (κ1) is 18.9.